The van der Waals surface area contributed by atoms with Gasteiger partial charge in [0.2, 0.25) is 0 Å². The molecule has 0 fully saturated rings. The molecular weight excluding hydrogens is 188 g/mol. The molecule has 0 bridgehead atoms. The summed E-state index contributed by atoms with van der Waals surface area (Å²) in [5, 5.41) is 0. The number of Topliss-reactive ketones (excluding diaryl/α,β-unsaturated/α-hetero) is 1. The molecule has 2 nitrogen and oxygen atoms in total. The van der Waals surface area contributed by atoms with Crippen molar-refractivity contribution < 1.29 is 9.53 Å². The Bertz CT molecular complexity index is 329. The molecule has 0 heterocycles. The Morgan fingerprint density at radius 3 is 2.73 bits per heavy atom. The highest BCUT2D eigenvalue weighted by Crippen LogP contribution is 2.20. The van der Waals surface area contributed by atoms with Crippen molar-refractivity contribution in [3.63, 3.8) is 0 Å². The molecule has 0 spiro atoms. The van der Waals surface area contributed by atoms with Crippen molar-refractivity contribution >= 4 is 5.78 Å². The van der Waals surface area contributed by atoms with E-state index in [9.17, 15) is 4.79 Å². The fourth-order valence-electron chi connectivity index (χ4n) is 1.28. The minimum atomic E-state index is 0.162. The summed E-state index contributed by atoms with van der Waals surface area (Å²) >= 11 is 0. The van der Waals surface area contributed by atoms with Gasteiger partial charge in [0.15, 0.2) is 0 Å². The lowest BCUT2D eigenvalue weighted by molar-refractivity contribution is -0.117. The average Bonchev–Trinajstić information content (AvgIpc) is 2.17. The Morgan fingerprint density at radius 1 is 1.40 bits per heavy atom. The predicted octanol–water partition coefficient (Wildman–Crippen LogP) is 3.17. The Balaban J connectivity index is 2.54. The normalized spacial score (nSPS) is 10.4. The monoisotopic (exact) mass is 206 g/mol. The highest BCUT2D eigenvalue weighted by Gasteiger charge is 2.01. The second kappa shape index (κ2) is 5.54. The molecule has 0 saturated heterocycles. The van der Waals surface area contributed by atoms with Crippen LogP contribution in [0.25, 0.3) is 0 Å². The molecule has 0 aliphatic rings. The number of benzene rings is 1. The molecule has 1 aromatic carbocycles. The summed E-state index contributed by atoms with van der Waals surface area (Å²) in [7, 11) is 0. The molecule has 0 amide bonds. The number of hydrogen-bond donors (Lipinski definition) is 0. The van der Waals surface area contributed by atoms with Gasteiger partial charge < -0.3 is 4.74 Å². The number of carbonyl (C=O) groups is 1. The SMILES string of the molecule is CC(=O)CCOc1cccc(C(C)C)c1. The average molecular weight is 206 g/mol. The van der Waals surface area contributed by atoms with E-state index in [0.717, 1.165) is 5.75 Å². The van der Waals surface area contributed by atoms with Crippen molar-refractivity contribution in [2.75, 3.05) is 6.61 Å². The van der Waals surface area contributed by atoms with Gasteiger partial charge in [-0.05, 0) is 30.5 Å². The van der Waals surface area contributed by atoms with Gasteiger partial charge in [-0.25, -0.2) is 0 Å². The lowest BCUT2D eigenvalue weighted by atomic mass is 10.0. The highest BCUT2D eigenvalue weighted by molar-refractivity contribution is 5.75. The zero-order valence-corrected chi connectivity index (χ0v) is 9.62. The second-order valence-electron chi connectivity index (χ2n) is 4.03. The molecule has 0 atom stereocenters. The maximum Gasteiger partial charge on any atom is 0.133 e. The number of hydrogen-bond acceptors (Lipinski definition) is 2. The van der Waals surface area contributed by atoms with Gasteiger partial charge in [0.05, 0.1) is 6.61 Å². The first-order chi connectivity index (χ1) is 7.09. The van der Waals surface area contributed by atoms with E-state index < -0.39 is 0 Å². The van der Waals surface area contributed by atoms with Crippen LogP contribution in [0.3, 0.4) is 0 Å². The summed E-state index contributed by atoms with van der Waals surface area (Å²) < 4.78 is 5.49. The first kappa shape index (κ1) is 11.8. The van der Waals surface area contributed by atoms with E-state index in [2.05, 4.69) is 19.9 Å². The third-order valence-electron chi connectivity index (χ3n) is 2.25. The molecule has 0 aliphatic carbocycles. The van der Waals surface area contributed by atoms with Gasteiger partial charge in [-0.3, -0.25) is 4.79 Å². The van der Waals surface area contributed by atoms with Crippen LogP contribution in [-0.4, -0.2) is 12.4 Å². The largest absolute Gasteiger partial charge is 0.493 e. The standard InChI is InChI=1S/C13H18O2/c1-10(2)12-5-4-6-13(9-12)15-8-7-11(3)14/h4-6,9-10H,7-8H2,1-3H3. The number of carbonyl (C=O) groups excluding carboxylic acids is 1. The maximum atomic E-state index is 10.7. The van der Waals surface area contributed by atoms with E-state index in [4.69, 9.17) is 4.74 Å². The summed E-state index contributed by atoms with van der Waals surface area (Å²) in [4.78, 5) is 10.7. The van der Waals surface area contributed by atoms with Gasteiger partial charge in [0.1, 0.15) is 11.5 Å². The fraction of sp³-hybridized carbons (Fsp3) is 0.462. The predicted molar refractivity (Wildman–Crippen MR) is 61.3 cm³/mol. The molecule has 2 heteroatoms. The minimum absolute atomic E-state index is 0.162. The van der Waals surface area contributed by atoms with Gasteiger partial charge in [0, 0.05) is 6.42 Å². The second-order valence-corrected chi connectivity index (χ2v) is 4.03. The molecule has 0 aromatic heterocycles. The molecule has 0 unspecified atom stereocenters. The van der Waals surface area contributed by atoms with Gasteiger partial charge in [-0.15, -0.1) is 0 Å². The summed E-state index contributed by atoms with van der Waals surface area (Å²) in [6.45, 7) is 6.34. The van der Waals surface area contributed by atoms with E-state index in [1.54, 1.807) is 6.92 Å². The number of ether oxygens (including phenoxy) is 1. The van der Waals surface area contributed by atoms with Crippen LogP contribution in [0.4, 0.5) is 0 Å². The van der Waals surface area contributed by atoms with Crippen molar-refractivity contribution in [1.29, 1.82) is 0 Å². The van der Waals surface area contributed by atoms with Crippen LogP contribution in [0, 0.1) is 0 Å². The molecule has 0 radical (unpaired) electrons. The van der Waals surface area contributed by atoms with Crippen LogP contribution < -0.4 is 4.74 Å². The highest BCUT2D eigenvalue weighted by atomic mass is 16.5. The minimum Gasteiger partial charge on any atom is -0.493 e. The van der Waals surface area contributed by atoms with Gasteiger partial charge in [0.25, 0.3) is 0 Å². The molecule has 82 valence electrons. The Morgan fingerprint density at radius 2 is 2.13 bits per heavy atom. The third-order valence-corrected chi connectivity index (χ3v) is 2.25. The zero-order chi connectivity index (χ0) is 11.3. The number of rotatable bonds is 5. The molecule has 0 saturated carbocycles. The summed E-state index contributed by atoms with van der Waals surface area (Å²) in [6.07, 6.45) is 0.478. The summed E-state index contributed by atoms with van der Waals surface area (Å²) in [5.74, 6) is 1.51. The Labute approximate surface area is 91.3 Å². The summed E-state index contributed by atoms with van der Waals surface area (Å²) in [6, 6.07) is 8.03. The van der Waals surface area contributed by atoms with Gasteiger partial charge in [-0.2, -0.15) is 0 Å². The van der Waals surface area contributed by atoms with E-state index >= 15 is 0 Å². The molecule has 1 rings (SSSR count). The van der Waals surface area contributed by atoms with Crippen molar-refractivity contribution in [1.82, 2.24) is 0 Å². The fourth-order valence-corrected chi connectivity index (χ4v) is 1.28. The Kier molecular flexibility index (Phi) is 4.35. The van der Waals surface area contributed by atoms with Gasteiger partial charge >= 0.3 is 0 Å². The Hall–Kier alpha value is -1.31. The van der Waals surface area contributed by atoms with E-state index in [-0.39, 0.29) is 5.78 Å². The zero-order valence-electron chi connectivity index (χ0n) is 9.62. The van der Waals surface area contributed by atoms with Crippen LogP contribution >= 0.6 is 0 Å². The van der Waals surface area contributed by atoms with E-state index in [1.807, 2.05) is 18.2 Å². The summed E-state index contributed by atoms with van der Waals surface area (Å²) in [5.41, 5.74) is 1.26. The molecule has 0 N–H and O–H groups in total. The topological polar surface area (TPSA) is 26.3 Å². The third kappa shape index (κ3) is 4.15. The van der Waals surface area contributed by atoms with Crippen LogP contribution in [0.2, 0.25) is 0 Å². The van der Waals surface area contributed by atoms with Crippen LogP contribution in [-0.2, 0) is 4.79 Å². The van der Waals surface area contributed by atoms with Crippen molar-refractivity contribution in [2.24, 2.45) is 0 Å². The first-order valence-corrected chi connectivity index (χ1v) is 5.32. The van der Waals surface area contributed by atoms with E-state index in [0.29, 0.717) is 18.9 Å². The van der Waals surface area contributed by atoms with Crippen LogP contribution in [0.1, 0.15) is 38.7 Å². The molecule has 0 aliphatic heterocycles. The van der Waals surface area contributed by atoms with E-state index in [1.165, 1.54) is 5.56 Å². The van der Waals surface area contributed by atoms with Crippen LogP contribution in [0.5, 0.6) is 5.75 Å². The number of ketones is 1. The maximum absolute atomic E-state index is 10.7. The van der Waals surface area contributed by atoms with Crippen molar-refractivity contribution in [3.8, 4) is 5.75 Å². The quantitative estimate of drug-likeness (QED) is 0.739. The molecule has 15 heavy (non-hydrogen) atoms. The lowest BCUT2D eigenvalue weighted by Crippen LogP contribution is -2.02. The van der Waals surface area contributed by atoms with Crippen LogP contribution in [0.15, 0.2) is 24.3 Å². The molecule has 1 aromatic rings. The smallest absolute Gasteiger partial charge is 0.133 e. The molecular formula is C13H18O2. The first-order valence-electron chi connectivity index (χ1n) is 5.32. The van der Waals surface area contributed by atoms with Crippen molar-refractivity contribution in [2.45, 2.75) is 33.1 Å². The van der Waals surface area contributed by atoms with Crippen molar-refractivity contribution in [3.05, 3.63) is 29.8 Å². The van der Waals surface area contributed by atoms with Gasteiger partial charge in [-0.1, -0.05) is 26.0 Å². The lowest BCUT2D eigenvalue weighted by Gasteiger charge is -2.09.